The minimum atomic E-state index is -1.50. The van der Waals surface area contributed by atoms with E-state index in [9.17, 15) is 14.7 Å². The molecule has 2 aliphatic rings. The van der Waals surface area contributed by atoms with Crippen molar-refractivity contribution in [2.45, 2.75) is 74.9 Å². The zero-order valence-electron chi connectivity index (χ0n) is 28.8. The Morgan fingerprint density at radius 3 is 1.66 bits per heavy atom. The molecule has 0 bridgehead atoms. The molecule has 0 aliphatic carbocycles. The van der Waals surface area contributed by atoms with E-state index < -0.39 is 23.8 Å². The second-order valence-electron chi connectivity index (χ2n) is 13.8. The Morgan fingerprint density at radius 1 is 0.720 bits per heavy atom. The fourth-order valence-corrected chi connectivity index (χ4v) is 7.39. The van der Waals surface area contributed by atoms with Crippen molar-refractivity contribution in [3.63, 3.8) is 0 Å². The Labute approximate surface area is 296 Å². The number of benzene rings is 4. The first-order valence-electron chi connectivity index (χ1n) is 18.1. The normalized spacial score (nSPS) is 20.0. The quantitative estimate of drug-likeness (QED) is 0.113. The molecular formula is C42H50N4O4. The van der Waals surface area contributed by atoms with Gasteiger partial charge in [0.25, 0.3) is 0 Å². The maximum Gasteiger partial charge on any atom is 0.237 e. The number of amides is 2. The van der Waals surface area contributed by atoms with Gasteiger partial charge in [0.2, 0.25) is 11.8 Å². The van der Waals surface area contributed by atoms with Crippen LogP contribution in [0.5, 0.6) is 0 Å². The minimum absolute atomic E-state index is 0.0342. The molecular weight excluding hydrogens is 624 g/mol. The molecule has 2 saturated heterocycles. The number of ether oxygens (including phenoxy) is 1. The van der Waals surface area contributed by atoms with Crippen molar-refractivity contribution in [1.29, 1.82) is 0 Å². The summed E-state index contributed by atoms with van der Waals surface area (Å²) in [6.45, 7) is 4.04. The van der Waals surface area contributed by atoms with E-state index in [-0.39, 0.29) is 29.8 Å². The average molecular weight is 675 g/mol. The SMILES string of the molecule is C[C@H](CO[C@@H](c1ccccc1)[C@@H](NC(=O)[C@@H]1CCCN1)c1ccccc1)C[C@H](NC(=O)[C@@H]1CCCN1)C(O)(c1ccccc1)c1ccccc1. The molecule has 2 fully saturated rings. The van der Waals surface area contributed by atoms with Crippen molar-refractivity contribution >= 4 is 11.8 Å². The van der Waals surface area contributed by atoms with Gasteiger partial charge in [-0.25, -0.2) is 0 Å². The van der Waals surface area contributed by atoms with Gasteiger partial charge in [-0.2, -0.15) is 0 Å². The van der Waals surface area contributed by atoms with Crippen LogP contribution in [0.15, 0.2) is 121 Å². The summed E-state index contributed by atoms with van der Waals surface area (Å²) >= 11 is 0. The lowest BCUT2D eigenvalue weighted by Crippen LogP contribution is -2.55. The molecule has 2 heterocycles. The molecule has 2 amide bonds. The van der Waals surface area contributed by atoms with Crippen molar-refractivity contribution in [2.75, 3.05) is 19.7 Å². The lowest BCUT2D eigenvalue weighted by Gasteiger charge is -2.40. The van der Waals surface area contributed by atoms with Crippen LogP contribution in [-0.2, 0) is 19.9 Å². The molecule has 0 saturated carbocycles. The smallest absolute Gasteiger partial charge is 0.237 e. The lowest BCUT2D eigenvalue weighted by molar-refractivity contribution is -0.125. The summed E-state index contributed by atoms with van der Waals surface area (Å²) in [5, 5.41) is 26.1. The number of carbonyl (C=O) groups is 2. The van der Waals surface area contributed by atoms with Crippen molar-refractivity contribution in [3.8, 4) is 0 Å². The summed E-state index contributed by atoms with van der Waals surface area (Å²) in [6, 6.07) is 37.5. The number of aliphatic hydroxyl groups is 1. The number of nitrogens with one attached hydrogen (secondary N) is 4. The predicted molar refractivity (Wildman–Crippen MR) is 196 cm³/mol. The van der Waals surface area contributed by atoms with Gasteiger partial charge in [0.1, 0.15) is 11.7 Å². The van der Waals surface area contributed by atoms with E-state index >= 15 is 0 Å². The highest BCUT2D eigenvalue weighted by atomic mass is 16.5. The standard InChI is InChI=1S/C42H50N4O4/c1-30(28-37(45-40(47)35-24-14-26-43-35)42(49,33-20-10-4-11-21-33)34-22-12-5-13-23-34)29-50-39(32-18-8-3-9-19-32)38(31-16-6-2-7-17-31)46-41(48)36-25-15-27-44-36/h2-13,16-23,30,35-39,43-44,49H,14-15,24-29H2,1H3,(H,45,47)(H,46,48)/t30-,35-,36-,37-,38-,39-/m0/s1. The van der Waals surface area contributed by atoms with Gasteiger partial charge in [0, 0.05) is 0 Å². The summed E-state index contributed by atoms with van der Waals surface area (Å²) < 4.78 is 6.86. The third-order valence-corrected chi connectivity index (χ3v) is 10.1. The molecule has 0 radical (unpaired) electrons. The molecule has 262 valence electrons. The van der Waals surface area contributed by atoms with Crippen LogP contribution in [0.25, 0.3) is 0 Å². The Kier molecular flexibility index (Phi) is 12.1. The molecule has 6 rings (SSSR count). The maximum absolute atomic E-state index is 13.7. The van der Waals surface area contributed by atoms with Crippen LogP contribution >= 0.6 is 0 Å². The monoisotopic (exact) mass is 674 g/mol. The van der Waals surface area contributed by atoms with Crippen LogP contribution < -0.4 is 21.3 Å². The van der Waals surface area contributed by atoms with E-state index in [0.29, 0.717) is 24.2 Å². The Morgan fingerprint density at radius 2 is 1.18 bits per heavy atom. The molecule has 0 spiro atoms. The Hall–Kier alpha value is -4.34. The largest absolute Gasteiger partial charge is 0.378 e. The predicted octanol–water partition coefficient (Wildman–Crippen LogP) is 5.55. The first-order chi connectivity index (χ1) is 24.4. The van der Waals surface area contributed by atoms with Crippen molar-refractivity contribution in [2.24, 2.45) is 5.92 Å². The van der Waals surface area contributed by atoms with Crippen molar-refractivity contribution < 1.29 is 19.4 Å². The van der Waals surface area contributed by atoms with E-state index in [1.807, 2.05) is 121 Å². The van der Waals surface area contributed by atoms with Gasteiger partial charge in [-0.05, 0) is 73.4 Å². The fraction of sp³-hybridized carbons (Fsp3) is 0.381. The zero-order valence-corrected chi connectivity index (χ0v) is 28.8. The third-order valence-electron chi connectivity index (χ3n) is 10.1. The number of rotatable bonds is 15. The zero-order chi connectivity index (χ0) is 34.8. The summed E-state index contributed by atoms with van der Waals surface area (Å²) in [5.74, 6) is -0.237. The van der Waals surface area contributed by atoms with E-state index in [0.717, 1.165) is 49.9 Å². The van der Waals surface area contributed by atoms with Crippen LogP contribution in [0, 0.1) is 5.92 Å². The first kappa shape index (κ1) is 35.5. The Bertz CT molecular complexity index is 1590. The van der Waals surface area contributed by atoms with Crippen LogP contribution in [0.4, 0.5) is 0 Å². The van der Waals surface area contributed by atoms with Gasteiger partial charge >= 0.3 is 0 Å². The summed E-state index contributed by atoms with van der Waals surface area (Å²) in [4.78, 5) is 27.2. The number of hydrogen-bond acceptors (Lipinski definition) is 6. The van der Waals surface area contributed by atoms with Gasteiger partial charge in [-0.15, -0.1) is 0 Å². The van der Waals surface area contributed by atoms with E-state index in [2.05, 4.69) is 28.2 Å². The highest BCUT2D eigenvalue weighted by Crippen LogP contribution is 2.37. The highest BCUT2D eigenvalue weighted by molar-refractivity contribution is 5.83. The number of carbonyl (C=O) groups excluding carboxylic acids is 2. The van der Waals surface area contributed by atoms with Gasteiger partial charge in [0.15, 0.2) is 0 Å². The minimum Gasteiger partial charge on any atom is -0.378 e. The molecule has 5 N–H and O–H groups in total. The maximum atomic E-state index is 13.7. The number of hydrogen-bond donors (Lipinski definition) is 5. The van der Waals surface area contributed by atoms with Crippen LogP contribution in [-0.4, -0.2) is 54.7 Å². The van der Waals surface area contributed by atoms with Crippen LogP contribution in [0.3, 0.4) is 0 Å². The summed E-state index contributed by atoms with van der Waals surface area (Å²) in [7, 11) is 0. The molecule has 8 heteroatoms. The Balaban J connectivity index is 1.29. The molecule has 0 unspecified atom stereocenters. The highest BCUT2D eigenvalue weighted by Gasteiger charge is 2.43. The average Bonchev–Trinajstić information content (AvgIpc) is 3.92. The first-order valence-corrected chi connectivity index (χ1v) is 18.1. The van der Waals surface area contributed by atoms with Crippen LogP contribution in [0.1, 0.15) is 73.4 Å². The molecule has 8 nitrogen and oxygen atoms in total. The molecule has 4 aromatic rings. The van der Waals surface area contributed by atoms with E-state index in [1.165, 1.54) is 0 Å². The third kappa shape index (κ3) is 8.50. The molecule has 2 aliphatic heterocycles. The second-order valence-corrected chi connectivity index (χ2v) is 13.8. The van der Waals surface area contributed by atoms with Crippen molar-refractivity contribution in [1.82, 2.24) is 21.3 Å². The van der Waals surface area contributed by atoms with Gasteiger partial charge in [0.05, 0.1) is 30.8 Å². The van der Waals surface area contributed by atoms with Gasteiger partial charge in [-0.3, -0.25) is 9.59 Å². The summed E-state index contributed by atoms with van der Waals surface area (Å²) in [6.07, 6.45) is 3.42. The molecule has 50 heavy (non-hydrogen) atoms. The van der Waals surface area contributed by atoms with Gasteiger partial charge in [-0.1, -0.05) is 128 Å². The lowest BCUT2D eigenvalue weighted by atomic mass is 9.77. The van der Waals surface area contributed by atoms with Crippen molar-refractivity contribution in [3.05, 3.63) is 144 Å². The molecule has 0 aromatic heterocycles. The second kappa shape index (κ2) is 17.1. The topological polar surface area (TPSA) is 112 Å². The van der Waals surface area contributed by atoms with Gasteiger partial charge < -0.3 is 31.1 Å². The van der Waals surface area contributed by atoms with E-state index in [1.54, 1.807) is 0 Å². The van der Waals surface area contributed by atoms with E-state index in [4.69, 9.17) is 4.74 Å². The fourth-order valence-electron chi connectivity index (χ4n) is 7.39. The molecule has 4 aromatic carbocycles. The summed E-state index contributed by atoms with van der Waals surface area (Å²) in [5.41, 5.74) is 1.82. The molecule has 6 atom stereocenters. The van der Waals surface area contributed by atoms with Crippen LogP contribution in [0.2, 0.25) is 0 Å².